The van der Waals surface area contributed by atoms with Gasteiger partial charge in [-0.1, -0.05) is 50.2 Å². The number of barbiturate groups is 2. The van der Waals surface area contributed by atoms with Crippen LogP contribution in [0, 0.1) is 22.9 Å². The number of hydrogen-bond donors (Lipinski definition) is 6. The van der Waals surface area contributed by atoms with E-state index in [1.165, 1.54) is 91.6 Å². The van der Waals surface area contributed by atoms with Crippen molar-refractivity contribution >= 4 is 87.5 Å². The maximum absolute atomic E-state index is 11.3. The second-order valence-electron chi connectivity index (χ2n) is 12.7. The molecule has 2 aromatic carbocycles. The van der Waals surface area contributed by atoms with Crippen LogP contribution in [0.2, 0.25) is 0 Å². The summed E-state index contributed by atoms with van der Waals surface area (Å²) in [5.74, 6) is -3.64. The summed E-state index contributed by atoms with van der Waals surface area (Å²) in [7, 11) is 1.46. The van der Waals surface area contributed by atoms with Gasteiger partial charge >= 0.3 is 18.2 Å². The number of aromatic nitrogens is 2. The minimum Gasteiger partial charge on any atom is -0.298 e. The van der Waals surface area contributed by atoms with E-state index < -0.39 is 57.6 Å². The standard InChI is InChI=1S/C9H8N2O4S.C7H8N4O2.C6H8N2O3.C6H6.C5H4N4O2.C4H4N2O3.C2H6.CO2/c12-9-5-6-10-11(9)7-1-3-8(4-2-7)16(13,14)15;1-10-5(12)3-6(13)11(2)7(10)9-4-8;1-7-4(9)3-5(10)8(2)6(7)11;1-2-4-6-5-3-1;6-2-7-5-8-3(10)1-4(11)9-5;7-2-1-3(8)6-4(9)5-2;1-2;2-1-3/h1-6,10H,(H,13,14,15);3H2,1-2H3;3H2,1-2H3;1-6H;1H2,(H2,7,8,9,10,11);1H2,(H2,5,6,7,8,9);1-2H3;. The Hall–Kier alpha value is -9.84. The van der Waals surface area contributed by atoms with E-state index in [0.717, 1.165) is 9.80 Å². The number of H-pyrrole nitrogens is 1. The first-order valence-corrected chi connectivity index (χ1v) is 21.0. The highest BCUT2D eigenvalue weighted by atomic mass is 32.2. The van der Waals surface area contributed by atoms with E-state index >= 15 is 0 Å². The Bertz CT molecular complexity index is 2650. The van der Waals surface area contributed by atoms with Crippen LogP contribution in [0.15, 0.2) is 92.6 Å². The summed E-state index contributed by atoms with van der Waals surface area (Å²) in [6.45, 7) is 4.00. The van der Waals surface area contributed by atoms with Gasteiger partial charge in [-0.25, -0.2) is 14.3 Å². The molecule has 4 aliphatic rings. The smallest absolute Gasteiger partial charge is 0.298 e. The Kier molecular flexibility index (Phi) is 26.9. The van der Waals surface area contributed by atoms with Gasteiger partial charge < -0.3 is 0 Å². The number of urea groups is 2. The molecule has 0 bridgehead atoms. The van der Waals surface area contributed by atoms with Crippen molar-refractivity contribution in [3.05, 3.63) is 83.3 Å². The third kappa shape index (κ3) is 22.0. The van der Waals surface area contributed by atoms with Crippen LogP contribution in [0.1, 0.15) is 39.5 Å². The van der Waals surface area contributed by atoms with Gasteiger partial charge in [-0.2, -0.15) is 28.5 Å². The zero-order chi connectivity index (χ0) is 54.4. The molecule has 0 radical (unpaired) electrons. The van der Waals surface area contributed by atoms with Crippen LogP contribution in [-0.2, 0) is 58.1 Å². The molecule has 4 saturated heterocycles. The monoisotopic (exact) mass is 1010 g/mol. The van der Waals surface area contributed by atoms with Gasteiger partial charge in [0.1, 0.15) is 25.7 Å². The lowest BCUT2D eigenvalue weighted by molar-refractivity contribution is -0.192. The minimum atomic E-state index is -4.20. The number of nitrogens with zero attached hydrogens (tertiary/aromatic N) is 9. The number of imide groups is 4. The van der Waals surface area contributed by atoms with E-state index in [4.69, 9.17) is 24.7 Å². The van der Waals surface area contributed by atoms with Crippen LogP contribution in [0.4, 0.5) is 9.59 Å². The lowest BCUT2D eigenvalue weighted by atomic mass is 10.3. The molecule has 4 fully saturated rings. The first kappa shape index (κ1) is 61.2. The maximum atomic E-state index is 11.3. The van der Waals surface area contributed by atoms with Crippen molar-refractivity contribution in [1.82, 2.24) is 50.6 Å². The van der Waals surface area contributed by atoms with Gasteiger partial charge in [0, 0.05) is 40.5 Å². The molecule has 31 heteroatoms. The summed E-state index contributed by atoms with van der Waals surface area (Å²) >= 11 is 0. The second-order valence-corrected chi connectivity index (χ2v) is 14.2. The van der Waals surface area contributed by atoms with Crippen molar-refractivity contribution in [2.24, 2.45) is 9.98 Å². The molecule has 0 unspecified atom stereocenters. The summed E-state index contributed by atoms with van der Waals surface area (Å²) in [5.41, 5.74) is 0.238. The topological polar surface area (TPSA) is 430 Å². The number of nitrogens with one attached hydrogen (secondary N) is 5. The summed E-state index contributed by atoms with van der Waals surface area (Å²) in [6.07, 6.45) is 3.84. The average molecular weight is 1010 g/mol. The van der Waals surface area contributed by atoms with Crippen LogP contribution in [0.25, 0.3) is 5.69 Å². The first-order valence-electron chi connectivity index (χ1n) is 19.5. The molecule has 0 aliphatic carbocycles. The normalized spacial score (nSPS) is 14.7. The molecule has 1 aromatic heterocycles. The van der Waals surface area contributed by atoms with Crippen molar-refractivity contribution in [3.63, 3.8) is 0 Å². The van der Waals surface area contributed by atoms with Gasteiger partial charge in [0.05, 0.1) is 10.6 Å². The van der Waals surface area contributed by atoms with E-state index in [9.17, 15) is 61.2 Å². The minimum absolute atomic E-state index is 0.0729. The fraction of sp³-hybridized carbons (Fsp3) is 0.250. The molecule has 376 valence electrons. The zero-order valence-electron chi connectivity index (χ0n) is 38.3. The van der Waals surface area contributed by atoms with E-state index in [1.807, 2.05) is 60.9 Å². The molecule has 71 heavy (non-hydrogen) atoms. The molecule has 5 heterocycles. The van der Waals surface area contributed by atoms with E-state index in [-0.39, 0.29) is 66.0 Å². The number of carbonyl (C=O) groups excluding carboxylic acids is 12. The Labute approximate surface area is 402 Å². The van der Waals surface area contributed by atoms with Crippen molar-refractivity contribution < 1.29 is 70.5 Å². The quantitative estimate of drug-likeness (QED) is 0.0948. The third-order valence-electron chi connectivity index (χ3n) is 7.96. The molecule has 0 saturated carbocycles. The molecule has 4 aliphatic heterocycles. The molecule has 30 nitrogen and oxygen atoms in total. The number of rotatable bonds is 2. The van der Waals surface area contributed by atoms with Crippen LogP contribution >= 0.6 is 0 Å². The van der Waals surface area contributed by atoms with Crippen LogP contribution in [-0.4, -0.2) is 148 Å². The summed E-state index contributed by atoms with van der Waals surface area (Å²) in [4.78, 5) is 145. The summed E-state index contributed by atoms with van der Waals surface area (Å²) in [6, 6.07) is 17.3. The van der Waals surface area contributed by atoms with E-state index in [2.05, 4.69) is 25.7 Å². The highest BCUT2D eigenvalue weighted by molar-refractivity contribution is 7.85. The Balaban J connectivity index is 0.000000827. The number of hydrogen-bond acceptors (Lipinski definition) is 19. The molecule has 3 aromatic rings. The van der Waals surface area contributed by atoms with Crippen LogP contribution < -0.4 is 26.8 Å². The van der Waals surface area contributed by atoms with Gasteiger partial charge in [-0.15, -0.1) is 9.98 Å². The Morgan fingerprint density at radius 3 is 1.25 bits per heavy atom. The lowest BCUT2D eigenvalue weighted by Crippen LogP contribution is -2.52. The average Bonchev–Trinajstić information content (AvgIpc) is 3.75. The molecular weight excluding hydrogens is 965 g/mol. The second kappa shape index (κ2) is 31.2. The maximum Gasteiger partial charge on any atom is 0.373 e. The molecular formula is C40H44N14O16S. The van der Waals surface area contributed by atoms with Gasteiger partial charge in [0.2, 0.25) is 71.6 Å². The van der Waals surface area contributed by atoms with Gasteiger partial charge in [-0.05, 0) is 24.3 Å². The molecule has 0 atom stereocenters. The predicted octanol–water partition coefficient (Wildman–Crippen LogP) is -1.69. The van der Waals surface area contributed by atoms with Crippen LogP contribution in [0.3, 0.4) is 0 Å². The number of aromatic amines is 1. The van der Waals surface area contributed by atoms with Crippen molar-refractivity contribution in [2.75, 3.05) is 28.2 Å². The van der Waals surface area contributed by atoms with Gasteiger partial charge in [0.15, 0.2) is 0 Å². The molecule has 12 amide bonds. The van der Waals surface area contributed by atoms with E-state index in [1.54, 1.807) is 0 Å². The molecule has 0 spiro atoms. The van der Waals surface area contributed by atoms with Gasteiger partial charge in [0.25, 0.3) is 15.7 Å². The number of guanidine groups is 2. The van der Waals surface area contributed by atoms with Crippen molar-refractivity contribution in [1.29, 1.82) is 10.5 Å². The highest BCUT2D eigenvalue weighted by Crippen LogP contribution is 2.12. The number of nitriles is 2. The predicted molar refractivity (Wildman–Crippen MR) is 238 cm³/mol. The zero-order valence-corrected chi connectivity index (χ0v) is 39.1. The Morgan fingerprint density at radius 1 is 0.563 bits per heavy atom. The lowest BCUT2D eigenvalue weighted by Gasteiger charge is -2.30. The number of benzene rings is 2. The molecule has 6 N–H and O–H groups in total. The Morgan fingerprint density at radius 2 is 0.930 bits per heavy atom. The number of carbonyl (C=O) groups is 10. The third-order valence-corrected chi connectivity index (χ3v) is 8.83. The first-order chi connectivity index (χ1) is 33.4. The summed E-state index contributed by atoms with van der Waals surface area (Å²) in [5, 5.41) is 27.2. The van der Waals surface area contributed by atoms with Crippen molar-refractivity contribution in [2.45, 2.75) is 44.4 Å². The SMILES string of the molecule is CC.CN1C(=O)CC(=O)N(C)C1=NC#N.CN1C(=O)CC(=O)N(C)C1=O.N#CN=C1NC(=O)CC(=O)N1.O=C1CC(=O)NC(=O)N1.O=C=O.O=c1cc[nH]n1-c1ccc(S(=O)(=O)O)cc1.c1ccccc1. The highest BCUT2D eigenvalue weighted by Gasteiger charge is 2.33. The number of aliphatic imine (C=N–C) groups is 2. The number of amides is 12. The summed E-state index contributed by atoms with van der Waals surface area (Å²) < 4.78 is 31.6. The fourth-order valence-corrected chi connectivity index (χ4v) is 5.12. The largest absolute Gasteiger partial charge is 0.373 e. The van der Waals surface area contributed by atoms with Crippen LogP contribution in [0.5, 0.6) is 0 Å². The van der Waals surface area contributed by atoms with Crippen molar-refractivity contribution in [3.8, 4) is 18.1 Å². The van der Waals surface area contributed by atoms with Gasteiger partial charge in [-0.3, -0.25) is 93.7 Å². The van der Waals surface area contributed by atoms with E-state index in [0.29, 0.717) is 5.69 Å². The molecule has 7 rings (SSSR count). The fourth-order valence-electron chi connectivity index (χ4n) is 4.64.